The van der Waals surface area contributed by atoms with Gasteiger partial charge in [-0.05, 0) is 24.3 Å². The van der Waals surface area contributed by atoms with Crippen molar-refractivity contribution in [3.8, 4) is 0 Å². The number of aromatic carboxylic acids is 2. The first-order valence-corrected chi connectivity index (χ1v) is 13.8. The fraction of sp³-hybridized carbons (Fsp3) is 0. The Morgan fingerprint density at radius 3 is 0.784 bits per heavy atom. The van der Waals surface area contributed by atoms with Crippen LogP contribution in [0.5, 0.6) is 0 Å². The number of benzene rings is 5. The Morgan fingerprint density at radius 2 is 0.595 bits per heavy atom. The quantitative estimate of drug-likeness (QED) is 0.314. The van der Waals surface area contributed by atoms with E-state index in [0.717, 1.165) is 0 Å². The maximum atomic E-state index is 10.3. The average Bonchev–Trinajstić information content (AvgIpc) is 2.96. The maximum absolute atomic E-state index is 10.3. The molecule has 5 heteroatoms. The number of hydrogen-bond donors (Lipinski definition) is 2. The molecule has 0 fully saturated rings. The Kier molecular flexibility index (Phi) is 8.25. The zero-order chi connectivity index (χ0) is 26.1. The Bertz CT molecular complexity index is 1240. The predicted molar refractivity (Wildman–Crippen MR) is 153 cm³/mol. The summed E-state index contributed by atoms with van der Waals surface area (Å²) in [4.78, 5) is 20.7. The summed E-state index contributed by atoms with van der Waals surface area (Å²) < 4.78 is 0. The van der Waals surface area contributed by atoms with Crippen LogP contribution in [0.1, 0.15) is 20.7 Å². The number of hydrogen-bond acceptors (Lipinski definition) is 2. The fourth-order valence-corrected chi connectivity index (χ4v) is 9.28. The second-order valence-electron chi connectivity index (χ2n) is 8.40. The van der Waals surface area contributed by atoms with E-state index in [1.165, 1.54) is 45.5 Å². The fourth-order valence-electron chi connectivity index (χ4n) is 4.51. The van der Waals surface area contributed by atoms with E-state index in [2.05, 4.69) is 121 Å². The van der Waals surface area contributed by atoms with Crippen LogP contribution in [0.25, 0.3) is 0 Å². The van der Waals surface area contributed by atoms with Crippen LogP contribution in [0, 0.1) is 0 Å². The van der Waals surface area contributed by atoms with Crippen molar-refractivity contribution in [3.05, 3.63) is 157 Å². The van der Waals surface area contributed by atoms with Crippen LogP contribution in [0.2, 0.25) is 0 Å². The summed E-state index contributed by atoms with van der Waals surface area (Å²) in [6.45, 7) is 0. The van der Waals surface area contributed by atoms with Gasteiger partial charge in [0.1, 0.15) is 0 Å². The van der Waals surface area contributed by atoms with Crippen molar-refractivity contribution in [1.82, 2.24) is 0 Å². The van der Waals surface area contributed by atoms with Crippen molar-refractivity contribution in [2.75, 3.05) is 0 Å². The topological polar surface area (TPSA) is 74.6 Å². The molecule has 0 unspecified atom stereocenters. The molecule has 0 aliphatic heterocycles. The molecular weight excluding hydrogens is 479 g/mol. The van der Waals surface area contributed by atoms with E-state index in [9.17, 15) is 9.59 Å². The van der Waals surface area contributed by atoms with Crippen LogP contribution in [-0.2, 0) is 0 Å². The molecule has 184 valence electrons. The first-order valence-electron chi connectivity index (χ1n) is 11.8. The van der Waals surface area contributed by atoms with Crippen LogP contribution in [0.4, 0.5) is 0 Å². The normalized spacial score (nSPS) is 11.0. The summed E-state index contributed by atoms with van der Waals surface area (Å²) in [5.74, 6) is -2.13. The second kappa shape index (κ2) is 11.9. The van der Waals surface area contributed by atoms with E-state index >= 15 is 0 Å². The van der Waals surface area contributed by atoms with E-state index in [0.29, 0.717) is 0 Å². The molecule has 2 N–H and O–H groups in total. The van der Waals surface area contributed by atoms with Gasteiger partial charge in [0.15, 0.2) is 0 Å². The molecule has 0 aliphatic rings. The monoisotopic (exact) mass is 506 g/mol. The van der Waals surface area contributed by atoms with Crippen LogP contribution in [0.3, 0.4) is 0 Å². The Labute approximate surface area is 216 Å². The van der Waals surface area contributed by atoms with Crippen LogP contribution < -0.4 is 21.2 Å². The van der Waals surface area contributed by atoms with E-state index in [-0.39, 0.29) is 11.1 Å². The van der Waals surface area contributed by atoms with Gasteiger partial charge in [-0.3, -0.25) is 0 Å². The first kappa shape index (κ1) is 25.6. The molecule has 0 heterocycles. The van der Waals surface area contributed by atoms with E-state index in [1.54, 1.807) is 0 Å². The van der Waals surface area contributed by atoms with Gasteiger partial charge < -0.3 is 10.2 Å². The van der Waals surface area contributed by atoms with Crippen LogP contribution >= 0.6 is 7.26 Å². The SMILES string of the molecule is O=C(O)c1ccc(C(=O)O)cc1.c1ccc([PH](c2ccccc2)(c2ccccc2)c2ccccc2)cc1. The van der Waals surface area contributed by atoms with Gasteiger partial charge in [0.05, 0.1) is 11.1 Å². The standard InChI is InChI=1S/C24H21P.C8H6O4/c1-5-13-21(14-6-1)25(22-15-7-2-8-16-22,23-17-9-3-10-18-23)24-19-11-4-12-20-24;9-7(10)5-1-2-6(4-3-5)8(11)12/h1-20,25H;1-4H,(H,9,10)(H,11,12). The average molecular weight is 507 g/mol. The molecule has 0 saturated heterocycles. The first-order chi connectivity index (χ1) is 18.0. The molecule has 0 radical (unpaired) electrons. The summed E-state index contributed by atoms with van der Waals surface area (Å²) in [6, 6.07) is 49.0. The molecule has 0 aromatic heterocycles. The van der Waals surface area contributed by atoms with Crippen LogP contribution in [-0.4, -0.2) is 22.2 Å². The Morgan fingerprint density at radius 1 is 0.378 bits per heavy atom. The Hall–Kier alpha value is -4.53. The van der Waals surface area contributed by atoms with Gasteiger partial charge in [0, 0.05) is 0 Å². The minimum absolute atomic E-state index is 0.0833. The number of carbonyl (C=O) groups is 2. The molecule has 0 bridgehead atoms. The van der Waals surface area contributed by atoms with Crippen molar-refractivity contribution in [2.45, 2.75) is 0 Å². The molecule has 0 spiro atoms. The van der Waals surface area contributed by atoms with Gasteiger partial charge in [-0.1, -0.05) is 0 Å². The third-order valence-electron chi connectivity index (χ3n) is 6.21. The predicted octanol–water partition coefficient (Wildman–Crippen LogP) is 5.12. The van der Waals surface area contributed by atoms with Crippen molar-refractivity contribution < 1.29 is 19.8 Å². The van der Waals surface area contributed by atoms with Gasteiger partial charge in [-0.25, -0.2) is 9.59 Å². The summed E-state index contributed by atoms with van der Waals surface area (Å²) >= 11 is 0. The molecule has 0 aliphatic carbocycles. The molecule has 5 aromatic carbocycles. The van der Waals surface area contributed by atoms with E-state index in [4.69, 9.17) is 10.2 Å². The minimum atomic E-state index is -2.30. The van der Waals surface area contributed by atoms with Crippen LogP contribution in [0.15, 0.2) is 146 Å². The van der Waals surface area contributed by atoms with Crippen molar-refractivity contribution in [3.63, 3.8) is 0 Å². The molecule has 0 saturated carbocycles. The van der Waals surface area contributed by atoms with Gasteiger partial charge in [-0.15, -0.1) is 0 Å². The summed E-state index contributed by atoms with van der Waals surface area (Å²) in [6.07, 6.45) is 0. The summed E-state index contributed by atoms with van der Waals surface area (Å²) in [5, 5.41) is 22.6. The van der Waals surface area contributed by atoms with Gasteiger partial charge in [0.25, 0.3) is 0 Å². The number of rotatable bonds is 6. The molecule has 5 rings (SSSR count). The zero-order valence-corrected chi connectivity index (χ0v) is 21.1. The summed E-state index contributed by atoms with van der Waals surface area (Å²) in [7, 11) is -2.30. The van der Waals surface area contributed by atoms with Gasteiger partial charge in [0.2, 0.25) is 0 Å². The zero-order valence-electron chi connectivity index (χ0n) is 20.1. The number of carboxylic acids is 2. The van der Waals surface area contributed by atoms with Gasteiger partial charge >= 0.3 is 162 Å². The van der Waals surface area contributed by atoms with E-state index in [1.807, 2.05) is 0 Å². The molecular formula is C32H27O4P. The Balaban J connectivity index is 0.000000225. The molecule has 5 aromatic rings. The molecule has 0 atom stereocenters. The van der Waals surface area contributed by atoms with Gasteiger partial charge in [-0.2, -0.15) is 0 Å². The van der Waals surface area contributed by atoms with Crippen molar-refractivity contribution in [1.29, 1.82) is 0 Å². The van der Waals surface area contributed by atoms with Crippen molar-refractivity contribution in [2.24, 2.45) is 0 Å². The molecule has 0 amide bonds. The third-order valence-corrected chi connectivity index (χ3v) is 11.0. The van der Waals surface area contributed by atoms with E-state index < -0.39 is 19.2 Å². The second-order valence-corrected chi connectivity index (χ2v) is 12.2. The molecule has 4 nitrogen and oxygen atoms in total. The summed E-state index contributed by atoms with van der Waals surface area (Å²) in [5.41, 5.74) is 0.167. The third kappa shape index (κ3) is 5.66. The van der Waals surface area contributed by atoms with Crippen molar-refractivity contribution >= 4 is 40.4 Å². The molecule has 37 heavy (non-hydrogen) atoms. The number of carboxylic acid groups (broad SMARTS) is 2.